The molecule has 4 aromatic rings. The summed E-state index contributed by atoms with van der Waals surface area (Å²) in [5.41, 5.74) is 3.74. The summed E-state index contributed by atoms with van der Waals surface area (Å²) in [7, 11) is 0. The van der Waals surface area contributed by atoms with E-state index in [1.165, 1.54) is 0 Å². The summed E-state index contributed by atoms with van der Waals surface area (Å²) in [4.78, 5) is 12.9. The highest BCUT2D eigenvalue weighted by Gasteiger charge is 2.07. The smallest absolute Gasteiger partial charge is 0.148 e. The maximum atomic E-state index is 6.00. The monoisotopic (exact) mass is 342 g/mol. The Morgan fingerprint density at radius 3 is 2.58 bits per heavy atom. The van der Waals surface area contributed by atoms with Crippen molar-refractivity contribution in [2.45, 2.75) is 13.8 Å². The lowest BCUT2D eigenvalue weighted by atomic mass is 10.2. The average molecular weight is 342 g/mol. The van der Waals surface area contributed by atoms with Crippen LogP contribution in [0.3, 0.4) is 0 Å². The fraction of sp³-hybridized carbons (Fsp3) is 0.0952. The Morgan fingerprint density at radius 1 is 0.846 bits per heavy atom. The molecule has 5 nitrogen and oxygen atoms in total. The van der Waals surface area contributed by atoms with Gasteiger partial charge in [-0.3, -0.25) is 4.98 Å². The summed E-state index contributed by atoms with van der Waals surface area (Å²) in [6.07, 6.45) is 3.33. The van der Waals surface area contributed by atoms with Gasteiger partial charge >= 0.3 is 0 Å². The maximum absolute atomic E-state index is 6.00. The second kappa shape index (κ2) is 6.80. The molecule has 0 aliphatic rings. The minimum atomic E-state index is 0.762. The van der Waals surface area contributed by atoms with Crippen molar-refractivity contribution in [3.8, 4) is 11.5 Å². The summed E-state index contributed by atoms with van der Waals surface area (Å²) in [5, 5.41) is 4.36. The molecule has 1 N–H and O–H groups in total. The van der Waals surface area contributed by atoms with Gasteiger partial charge in [0.05, 0.1) is 11.2 Å². The fourth-order valence-corrected chi connectivity index (χ4v) is 2.78. The van der Waals surface area contributed by atoms with Crippen LogP contribution in [-0.2, 0) is 0 Å². The van der Waals surface area contributed by atoms with Gasteiger partial charge in [-0.05, 0) is 61.9 Å². The van der Waals surface area contributed by atoms with Gasteiger partial charge < -0.3 is 10.1 Å². The Kier molecular flexibility index (Phi) is 4.19. The van der Waals surface area contributed by atoms with Gasteiger partial charge in [-0.15, -0.1) is 0 Å². The zero-order valence-corrected chi connectivity index (χ0v) is 14.6. The lowest BCUT2D eigenvalue weighted by Crippen LogP contribution is -1.97. The van der Waals surface area contributed by atoms with Gasteiger partial charge in [0, 0.05) is 17.3 Å². The molecule has 5 heteroatoms. The van der Waals surface area contributed by atoms with Crippen LogP contribution in [-0.4, -0.2) is 15.0 Å². The number of nitrogens with zero attached hydrogens (tertiary/aromatic N) is 3. The second-order valence-electron chi connectivity index (χ2n) is 6.03. The molecular weight excluding hydrogens is 324 g/mol. The number of nitrogens with one attached hydrogen (secondary N) is 1. The van der Waals surface area contributed by atoms with Gasteiger partial charge in [-0.2, -0.15) is 0 Å². The van der Waals surface area contributed by atoms with E-state index in [9.17, 15) is 0 Å². The van der Waals surface area contributed by atoms with E-state index < -0.39 is 0 Å². The molecule has 0 bridgehead atoms. The molecule has 0 aliphatic carbocycles. The van der Waals surface area contributed by atoms with Gasteiger partial charge in [0.1, 0.15) is 23.6 Å². The van der Waals surface area contributed by atoms with Crippen LogP contribution in [0.15, 0.2) is 67.1 Å². The van der Waals surface area contributed by atoms with Crippen molar-refractivity contribution < 1.29 is 4.74 Å². The van der Waals surface area contributed by atoms with Gasteiger partial charge in [0.2, 0.25) is 0 Å². The van der Waals surface area contributed by atoms with Crippen molar-refractivity contribution >= 4 is 22.4 Å². The number of fused-ring (bicyclic) bond motifs is 1. The molecule has 0 saturated carbocycles. The largest absolute Gasteiger partial charge is 0.455 e. The third-order valence-electron chi connectivity index (χ3n) is 4.16. The standard InChI is InChI=1S/C21H18N4O/c1-14-12-16(9-10-19(14)26-20-8-5-11-22-15(20)2)25-21-17-6-3-4-7-18(17)23-13-24-21/h3-13H,1-2H3,(H,23,24,25). The number of hydrogen-bond donors (Lipinski definition) is 1. The van der Waals surface area contributed by atoms with Crippen LogP contribution < -0.4 is 10.1 Å². The van der Waals surface area contributed by atoms with Crippen LogP contribution in [0.2, 0.25) is 0 Å². The number of para-hydroxylation sites is 1. The van der Waals surface area contributed by atoms with Crippen molar-refractivity contribution in [1.29, 1.82) is 0 Å². The Labute approximate surface area is 151 Å². The van der Waals surface area contributed by atoms with Crippen molar-refractivity contribution in [3.63, 3.8) is 0 Å². The van der Waals surface area contributed by atoms with E-state index in [0.717, 1.165) is 45.2 Å². The van der Waals surface area contributed by atoms with E-state index in [1.807, 2.05) is 68.4 Å². The first-order valence-corrected chi connectivity index (χ1v) is 8.37. The number of aromatic nitrogens is 3. The quantitative estimate of drug-likeness (QED) is 0.554. The zero-order chi connectivity index (χ0) is 17.9. The third kappa shape index (κ3) is 3.19. The third-order valence-corrected chi connectivity index (χ3v) is 4.16. The molecule has 4 rings (SSSR count). The van der Waals surface area contributed by atoms with Crippen LogP contribution >= 0.6 is 0 Å². The number of anilines is 2. The highest BCUT2D eigenvalue weighted by Crippen LogP contribution is 2.30. The van der Waals surface area contributed by atoms with Crippen LogP contribution in [0, 0.1) is 13.8 Å². The molecular formula is C21H18N4O. The first-order valence-electron chi connectivity index (χ1n) is 8.37. The fourth-order valence-electron chi connectivity index (χ4n) is 2.78. The van der Waals surface area contributed by atoms with E-state index in [1.54, 1.807) is 12.5 Å². The van der Waals surface area contributed by atoms with E-state index in [-0.39, 0.29) is 0 Å². The summed E-state index contributed by atoms with van der Waals surface area (Å²) >= 11 is 0. The van der Waals surface area contributed by atoms with Gasteiger partial charge in [0.15, 0.2) is 0 Å². The molecule has 0 amide bonds. The van der Waals surface area contributed by atoms with E-state index >= 15 is 0 Å². The molecule has 26 heavy (non-hydrogen) atoms. The summed E-state index contributed by atoms with van der Waals surface area (Å²) in [5.74, 6) is 2.35. The SMILES string of the molecule is Cc1cc(Nc2ncnc3ccccc23)ccc1Oc1cccnc1C. The molecule has 0 radical (unpaired) electrons. The summed E-state index contributed by atoms with van der Waals surface area (Å²) < 4.78 is 6.00. The minimum absolute atomic E-state index is 0.762. The number of pyridine rings is 1. The van der Waals surface area contributed by atoms with Crippen molar-refractivity contribution in [2.75, 3.05) is 5.32 Å². The second-order valence-corrected chi connectivity index (χ2v) is 6.03. The Morgan fingerprint density at radius 2 is 1.73 bits per heavy atom. The van der Waals surface area contributed by atoms with Crippen LogP contribution in [0.1, 0.15) is 11.3 Å². The lowest BCUT2D eigenvalue weighted by Gasteiger charge is -2.13. The highest BCUT2D eigenvalue weighted by atomic mass is 16.5. The predicted molar refractivity (Wildman–Crippen MR) is 103 cm³/mol. The molecule has 2 heterocycles. The first-order chi connectivity index (χ1) is 12.7. The van der Waals surface area contributed by atoms with Crippen LogP contribution in [0.4, 0.5) is 11.5 Å². The summed E-state index contributed by atoms with van der Waals surface area (Å²) in [6.45, 7) is 3.95. The molecule has 2 aromatic heterocycles. The zero-order valence-electron chi connectivity index (χ0n) is 14.6. The number of hydrogen-bond acceptors (Lipinski definition) is 5. The highest BCUT2D eigenvalue weighted by molar-refractivity contribution is 5.90. The van der Waals surface area contributed by atoms with Crippen LogP contribution in [0.25, 0.3) is 10.9 Å². The predicted octanol–water partition coefficient (Wildman–Crippen LogP) is 5.18. The van der Waals surface area contributed by atoms with Gasteiger partial charge in [-0.1, -0.05) is 12.1 Å². The number of benzene rings is 2. The molecule has 2 aromatic carbocycles. The van der Waals surface area contributed by atoms with Gasteiger partial charge in [0.25, 0.3) is 0 Å². The minimum Gasteiger partial charge on any atom is -0.455 e. The molecule has 128 valence electrons. The van der Waals surface area contributed by atoms with Crippen molar-refractivity contribution in [2.24, 2.45) is 0 Å². The Bertz CT molecular complexity index is 1070. The van der Waals surface area contributed by atoms with Crippen LogP contribution in [0.5, 0.6) is 11.5 Å². The van der Waals surface area contributed by atoms with Crippen molar-refractivity contribution in [1.82, 2.24) is 15.0 Å². The molecule has 0 aliphatic heterocycles. The number of rotatable bonds is 4. The molecule has 0 unspecified atom stereocenters. The van der Waals surface area contributed by atoms with Gasteiger partial charge in [-0.25, -0.2) is 9.97 Å². The average Bonchev–Trinajstić information content (AvgIpc) is 2.66. The first kappa shape index (κ1) is 16.0. The van der Waals surface area contributed by atoms with E-state index in [0.29, 0.717) is 0 Å². The molecule has 0 saturated heterocycles. The topological polar surface area (TPSA) is 59.9 Å². The van der Waals surface area contributed by atoms with E-state index in [4.69, 9.17) is 4.74 Å². The lowest BCUT2D eigenvalue weighted by molar-refractivity contribution is 0.472. The molecule has 0 atom stereocenters. The summed E-state index contributed by atoms with van der Waals surface area (Å²) in [6, 6.07) is 17.7. The Hall–Kier alpha value is -3.47. The molecule has 0 spiro atoms. The van der Waals surface area contributed by atoms with E-state index in [2.05, 4.69) is 20.3 Å². The maximum Gasteiger partial charge on any atom is 0.148 e. The molecule has 0 fully saturated rings. The number of aryl methyl sites for hydroxylation is 2. The normalized spacial score (nSPS) is 10.7. The van der Waals surface area contributed by atoms with Crippen molar-refractivity contribution in [3.05, 3.63) is 78.4 Å². The Balaban J connectivity index is 1.61. The number of ether oxygens (including phenoxy) is 1.